The predicted octanol–water partition coefficient (Wildman–Crippen LogP) is 1.48. The zero-order valence-corrected chi connectivity index (χ0v) is 10.2. The van der Waals surface area contributed by atoms with Crippen LogP contribution in [0.15, 0.2) is 18.5 Å². The second-order valence-electron chi connectivity index (χ2n) is 3.98. The predicted molar refractivity (Wildman–Crippen MR) is 64.9 cm³/mol. The highest BCUT2D eigenvalue weighted by molar-refractivity contribution is 5.48. The highest BCUT2D eigenvalue weighted by atomic mass is 16.5. The Morgan fingerprint density at radius 2 is 2.12 bits per heavy atom. The minimum Gasteiger partial charge on any atom is -0.496 e. The highest BCUT2D eigenvalue weighted by Gasteiger charge is 2.18. The molecule has 3 N–H and O–H groups in total. The van der Waals surface area contributed by atoms with E-state index in [1.807, 2.05) is 26.0 Å². The SMILES string of the molecule is COc1c(C(N)c2ncn[nH]2)ccc(C)c1C. The number of aromatic nitrogens is 3. The van der Waals surface area contributed by atoms with Crippen molar-refractivity contribution in [3.05, 3.63) is 41.0 Å². The van der Waals surface area contributed by atoms with Crippen molar-refractivity contribution >= 4 is 0 Å². The van der Waals surface area contributed by atoms with Gasteiger partial charge in [-0.05, 0) is 25.0 Å². The quantitative estimate of drug-likeness (QED) is 0.840. The van der Waals surface area contributed by atoms with Gasteiger partial charge in [-0.2, -0.15) is 5.10 Å². The van der Waals surface area contributed by atoms with Crippen LogP contribution in [0.5, 0.6) is 5.75 Å². The number of hydrogen-bond acceptors (Lipinski definition) is 4. The summed E-state index contributed by atoms with van der Waals surface area (Å²) in [5.41, 5.74) is 9.33. The molecule has 0 saturated heterocycles. The second kappa shape index (κ2) is 4.55. The fraction of sp³-hybridized carbons (Fsp3) is 0.333. The Morgan fingerprint density at radius 1 is 1.35 bits per heavy atom. The highest BCUT2D eigenvalue weighted by Crippen LogP contribution is 2.31. The largest absolute Gasteiger partial charge is 0.496 e. The first kappa shape index (κ1) is 11.6. The van der Waals surface area contributed by atoms with Crippen LogP contribution in [0.3, 0.4) is 0 Å². The van der Waals surface area contributed by atoms with Gasteiger partial charge in [0.1, 0.15) is 17.9 Å². The first-order valence-corrected chi connectivity index (χ1v) is 5.40. The molecule has 1 atom stereocenters. The average molecular weight is 232 g/mol. The molecule has 1 aromatic carbocycles. The van der Waals surface area contributed by atoms with Gasteiger partial charge in [-0.25, -0.2) is 4.98 Å². The molecule has 0 aliphatic heterocycles. The number of aryl methyl sites for hydroxylation is 1. The topological polar surface area (TPSA) is 76.8 Å². The van der Waals surface area contributed by atoms with E-state index >= 15 is 0 Å². The molecule has 0 spiro atoms. The van der Waals surface area contributed by atoms with Gasteiger partial charge in [0.2, 0.25) is 0 Å². The second-order valence-corrected chi connectivity index (χ2v) is 3.98. The molecule has 5 heteroatoms. The Morgan fingerprint density at radius 3 is 2.71 bits per heavy atom. The fourth-order valence-electron chi connectivity index (χ4n) is 1.84. The van der Waals surface area contributed by atoms with Gasteiger partial charge in [-0.1, -0.05) is 12.1 Å². The number of methoxy groups -OCH3 is 1. The standard InChI is InChI=1S/C12H16N4O/c1-7-4-5-9(11(17-3)8(7)2)10(13)12-14-6-15-16-12/h4-6,10H,13H2,1-3H3,(H,14,15,16). The molecule has 2 aromatic rings. The van der Waals surface area contributed by atoms with Crippen molar-refractivity contribution in [2.45, 2.75) is 19.9 Å². The zero-order valence-electron chi connectivity index (χ0n) is 10.2. The first-order valence-electron chi connectivity index (χ1n) is 5.40. The van der Waals surface area contributed by atoms with Crippen LogP contribution in [-0.2, 0) is 0 Å². The van der Waals surface area contributed by atoms with Crippen LogP contribution in [0.4, 0.5) is 0 Å². The van der Waals surface area contributed by atoms with Crippen molar-refractivity contribution in [1.29, 1.82) is 0 Å². The van der Waals surface area contributed by atoms with Crippen molar-refractivity contribution in [3.8, 4) is 5.75 Å². The fourth-order valence-corrected chi connectivity index (χ4v) is 1.84. The van der Waals surface area contributed by atoms with E-state index in [1.54, 1.807) is 7.11 Å². The summed E-state index contributed by atoms with van der Waals surface area (Å²) >= 11 is 0. The lowest BCUT2D eigenvalue weighted by Crippen LogP contribution is -2.15. The number of rotatable bonds is 3. The normalized spacial score (nSPS) is 12.5. The maximum absolute atomic E-state index is 6.14. The smallest absolute Gasteiger partial charge is 0.145 e. The Kier molecular flexibility index (Phi) is 3.10. The maximum atomic E-state index is 6.14. The zero-order chi connectivity index (χ0) is 12.4. The van der Waals surface area contributed by atoms with Crippen LogP contribution >= 0.6 is 0 Å². The van der Waals surface area contributed by atoms with Crippen LogP contribution in [0.2, 0.25) is 0 Å². The number of nitrogens with one attached hydrogen (secondary N) is 1. The number of hydrogen-bond donors (Lipinski definition) is 2. The molecule has 1 aromatic heterocycles. The Labute approximate surface area is 100 Å². The first-order chi connectivity index (χ1) is 8.15. The number of ether oxygens (including phenoxy) is 1. The van der Waals surface area contributed by atoms with Gasteiger partial charge >= 0.3 is 0 Å². The van der Waals surface area contributed by atoms with E-state index in [9.17, 15) is 0 Å². The summed E-state index contributed by atoms with van der Waals surface area (Å²) in [5.74, 6) is 1.44. The lowest BCUT2D eigenvalue weighted by atomic mass is 9.99. The molecule has 5 nitrogen and oxygen atoms in total. The lowest BCUT2D eigenvalue weighted by molar-refractivity contribution is 0.403. The molecule has 0 amide bonds. The Bertz CT molecular complexity index is 507. The molecule has 2 rings (SSSR count). The average Bonchev–Trinajstić information content (AvgIpc) is 2.85. The molecule has 0 aliphatic rings. The molecule has 0 aliphatic carbocycles. The molecule has 0 bridgehead atoms. The van der Waals surface area contributed by atoms with E-state index in [4.69, 9.17) is 10.5 Å². The summed E-state index contributed by atoms with van der Waals surface area (Å²) in [4.78, 5) is 4.07. The summed E-state index contributed by atoms with van der Waals surface area (Å²) in [6.07, 6.45) is 1.45. The van der Waals surface area contributed by atoms with Gasteiger partial charge in [0.25, 0.3) is 0 Å². The van der Waals surface area contributed by atoms with Crippen LogP contribution in [-0.4, -0.2) is 22.3 Å². The third-order valence-corrected chi connectivity index (χ3v) is 2.97. The van der Waals surface area contributed by atoms with E-state index in [2.05, 4.69) is 15.2 Å². The van der Waals surface area contributed by atoms with Crippen molar-refractivity contribution in [1.82, 2.24) is 15.2 Å². The summed E-state index contributed by atoms with van der Waals surface area (Å²) in [6.45, 7) is 4.06. The van der Waals surface area contributed by atoms with E-state index in [-0.39, 0.29) is 6.04 Å². The number of nitrogens with two attached hydrogens (primary N) is 1. The van der Waals surface area contributed by atoms with Crippen LogP contribution in [0.25, 0.3) is 0 Å². The van der Waals surface area contributed by atoms with Gasteiger partial charge in [0.15, 0.2) is 0 Å². The minimum absolute atomic E-state index is 0.355. The van der Waals surface area contributed by atoms with Crippen LogP contribution < -0.4 is 10.5 Å². The third-order valence-electron chi connectivity index (χ3n) is 2.97. The third kappa shape index (κ3) is 2.01. The maximum Gasteiger partial charge on any atom is 0.145 e. The van der Waals surface area contributed by atoms with E-state index < -0.39 is 0 Å². The van der Waals surface area contributed by atoms with Gasteiger partial charge < -0.3 is 10.5 Å². The molecule has 90 valence electrons. The Balaban J connectivity index is 2.49. The van der Waals surface area contributed by atoms with Crippen molar-refractivity contribution < 1.29 is 4.74 Å². The molecule has 0 fully saturated rings. The summed E-state index contributed by atoms with van der Waals surface area (Å²) in [5, 5.41) is 6.59. The number of aromatic amines is 1. The van der Waals surface area contributed by atoms with E-state index in [1.165, 1.54) is 11.9 Å². The number of benzene rings is 1. The molecule has 0 saturated carbocycles. The van der Waals surface area contributed by atoms with Crippen molar-refractivity contribution in [2.24, 2.45) is 5.73 Å². The van der Waals surface area contributed by atoms with Gasteiger partial charge in [-0.15, -0.1) is 0 Å². The minimum atomic E-state index is -0.355. The number of H-pyrrole nitrogens is 1. The van der Waals surface area contributed by atoms with Crippen LogP contribution in [0.1, 0.15) is 28.6 Å². The molecule has 0 radical (unpaired) electrons. The van der Waals surface area contributed by atoms with Crippen LogP contribution in [0, 0.1) is 13.8 Å². The van der Waals surface area contributed by atoms with E-state index in [0.717, 1.165) is 16.9 Å². The van der Waals surface area contributed by atoms with Crippen molar-refractivity contribution in [3.63, 3.8) is 0 Å². The summed E-state index contributed by atoms with van der Waals surface area (Å²) < 4.78 is 5.43. The molecule has 1 unspecified atom stereocenters. The van der Waals surface area contributed by atoms with E-state index in [0.29, 0.717) is 5.82 Å². The van der Waals surface area contributed by atoms with Gasteiger partial charge in [-0.3, -0.25) is 5.10 Å². The monoisotopic (exact) mass is 232 g/mol. The molecule has 17 heavy (non-hydrogen) atoms. The van der Waals surface area contributed by atoms with Gasteiger partial charge in [0, 0.05) is 5.56 Å². The molecular weight excluding hydrogens is 216 g/mol. The van der Waals surface area contributed by atoms with Crippen molar-refractivity contribution in [2.75, 3.05) is 7.11 Å². The molecule has 1 heterocycles. The lowest BCUT2D eigenvalue weighted by Gasteiger charge is -2.17. The molecular formula is C12H16N4O. The summed E-state index contributed by atoms with van der Waals surface area (Å²) in [6, 6.07) is 3.64. The summed E-state index contributed by atoms with van der Waals surface area (Å²) in [7, 11) is 1.65. The number of nitrogens with zero attached hydrogens (tertiary/aromatic N) is 2. The Hall–Kier alpha value is -1.88. The van der Waals surface area contributed by atoms with Gasteiger partial charge in [0.05, 0.1) is 13.2 Å².